The van der Waals surface area contributed by atoms with E-state index in [1.165, 1.54) is 21.7 Å². The van der Waals surface area contributed by atoms with Crippen LogP contribution in [0.25, 0.3) is 0 Å². The molecule has 11 heavy (non-hydrogen) atoms. The Balaban J connectivity index is 3.84. The maximum Gasteiger partial charge on any atom is 0.0663 e. The van der Waals surface area contributed by atoms with Crippen molar-refractivity contribution in [2.45, 2.75) is 26.8 Å². The van der Waals surface area contributed by atoms with Crippen molar-refractivity contribution in [3.05, 3.63) is 0 Å². The van der Waals surface area contributed by atoms with Gasteiger partial charge in [-0.3, -0.25) is 9.48 Å². The first-order valence-corrected chi connectivity index (χ1v) is 11.1. The van der Waals surface area contributed by atoms with Gasteiger partial charge in [0.1, 0.15) is 0 Å². The van der Waals surface area contributed by atoms with Crippen LogP contribution in [0.5, 0.6) is 0 Å². The fourth-order valence-corrected chi connectivity index (χ4v) is 11.8. The Labute approximate surface area is 88.8 Å². The van der Waals surface area contributed by atoms with Crippen LogP contribution in [0, 0.1) is 0 Å². The Morgan fingerprint density at radius 3 is 1.82 bits per heavy atom. The third-order valence-electron chi connectivity index (χ3n) is 2.55. The van der Waals surface area contributed by atoms with E-state index < -0.39 is 0 Å². The van der Waals surface area contributed by atoms with Crippen molar-refractivity contribution < 1.29 is 0 Å². The number of hydrogen-bond donors (Lipinski definition) is 0. The molecule has 0 unspecified atom stereocenters. The summed E-state index contributed by atoms with van der Waals surface area (Å²) in [6, 6.07) is 1.57. The maximum absolute atomic E-state index is 2.52. The van der Waals surface area contributed by atoms with Crippen molar-refractivity contribution in [3.63, 3.8) is 0 Å². The lowest BCUT2D eigenvalue weighted by atomic mass is 10.9. The molecule has 0 fully saturated rings. The lowest BCUT2D eigenvalue weighted by molar-refractivity contribution is 1.36. The molecule has 0 aliphatic rings. The van der Waals surface area contributed by atoms with Gasteiger partial charge in [0.05, 0.1) is 8.67 Å². The fraction of sp³-hybridized carbons (Fsp3) is 1.00. The molecule has 0 nitrogen and oxygen atoms in total. The lowest BCUT2D eigenvalue weighted by Gasteiger charge is -2.37. The zero-order valence-electron chi connectivity index (χ0n) is 8.03. The molecule has 0 rings (SSSR count). The fourth-order valence-electron chi connectivity index (χ4n) is 1.41. The van der Waals surface area contributed by atoms with Crippen molar-refractivity contribution >= 4 is 40.7 Å². The molecule has 0 aliphatic heterocycles. The summed E-state index contributed by atoms with van der Waals surface area (Å²) >= 11 is 2.52. The van der Waals surface area contributed by atoms with E-state index in [-0.39, 0.29) is 9.48 Å². The molecular weight excluding hydrogens is 283 g/mol. The van der Waals surface area contributed by atoms with Crippen molar-refractivity contribution in [2.24, 2.45) is 0 Å². The van der Waals surface area contributed by atoms with E-state index in [1.807, 2.05) is 0 Å². The van der Waals surface area contributed by atoms with Crippen LogP contribution >= 0.6 is 32.1 Å². The van der Waals surface area contributed by atoms with Gasteiger partial charge in [0, 0.05) is 0 Å². The second-order valence-corrected chi connectivity index (χ2v) is 14.1. The van der Waals surface area contributed by atoms with E-state index in [1.54, 1.807) is 6.04 Å². The first kappa shape index (κ1) is 12.3. The minimum atomic E-state index is -0.0383. The van der Waals surface area contributed by atoms with Gasteiger partial charge >= 0.3 is 0 Å². The van der Waals surface area contributed by atoms with Crippen LogP contribution < -0.4 is 0 Å². The number of rotatable bonds is 6. The SMILES string of the molecule is CCS(CC)(CC)[SiH2]CCI. The average Bonchev–Trinajstić information content (AvgIpc) is 2.08. The molecule has 0 saturated heterocycles. The standard InChI is InChI=1S/C8H21ISSi/c1-4-10(5-2,6-3)11-8-7-9/h4-8,11H2,1-3H3. The summed E-state index contributed by atoms with van der Waals surface area (Å²) in [6.45, 7) is 7.22. The molecule has 0 aromatic rings. The van der Waals surface area contributed by atoms with Crippen molar-refractivity contribution in [1.29, 1.82) is 0 Å². The van der Waals surface area contributed by atoms with Crippen molar-refractivity contribution in [1.82, 2.24) is 0 Å². The highest BCUT2D eigenvalue weighted by atomic mass is 127. The Bertz CT molecular complexity index is 85.8. The Morgan fingerprint density at radius 1 is 1.09 bits per heavy atom. The second kappa shape index (κ2) is 6.77. The predicted octanol–water partition coefficient (Wildman–Crippen LogP) is 2.79. The molecule has 0 spiro atoms. The normalized spacial score (nSPS) is 14.5. The van der Waals surface area contributed by atoms with Crippen molar-refractivity contribution in [2.75, 3.05) is 21.7 Å². The monoisotopic (exact) mass is 304 g/mol. The largest absolute Gasteiger partial charge is 0.259 e. The second-order valence-electron chi connectivity index (χ2n) is 2.84. The molecule has 0 atom stereocenters. The predicted molar refractivity (Wildman–Crippen MR) is 71.5 cm³/mol. The van der Waals surface area contributed by atoms with Crippen LogP contribution in [0.4, 0.5) is 0 Å². The first-order chi connectivity index (χ1) is 5.24. The number of halogens is 1. The van der Waals surface area contributed by atoms with Gasteiger partial charge in [-0.05, 0) is 27.7 Å². The molecular formula is C8H21ISSi. The van der Waals surface area contributed by atoms with E-state index in [2.05, 4.69) is 43.4 Å². The van der Waals surface area contributed by atoms with E-state index in [0.29, 0.717) is 8.67 Å². The van der Waals surface area contributed by atoms with Crippen molar-refractivity contribution in [3.8, 4) is 0 Å². The lowest BCUT2D eigenvalue weighted by Crippen LogP contribution is -2.16. The number of alkyl halides is 1. The van der Waals surface area contributed by atoms with Gasteiger partial charge in [-0.1, -0.05) is 43.4 Å². The molecule has 0 amide bonds. The maximum atomic E-state index is 2.52. The van der Waals surface area contributed by atoms with Gasteiger partial charge in [0.25, 0.3) is 0 Å². The van der Waals surface area contributed by atoms with Crippen LogP contribution in [0.15, 0.2) is 0 Å². The van der Waals surface area contributed by atoms with Crippen LogP contribution in [-0.2, 0) is 0 Å². The van der Waals surface area contributed by atoms with E-state index >= 15 is 0 Å². The minimum Gasteiger partial charge on any atom is -0.259 e. The van der Waals surface area contributed by atoms with Gasteiger partial charge < -0.3 is 0 Å². The van der Waals surface area contributed by atoms with E-state index in [9.17, 15) is 0 Å². The van der Waals surface area contributed by atoms with Crippen LogP contribution in [0.3, 0.4) is 0 Å². The third-order valence-corrected chi connectivity index (χ3v) is 17.1. The molecule has 0 heterocycles. The highest BCUT2D eigenvalue weighted by Gasteiger charge is 2.16. The molecule has 0 aromatic carbocycles. The Hall–Kier alpha value is 1.30. The minimum absolute atomic E-state index is 0.0383. The summed E-state index contributed by atoms with van der Waals surface area (Å²) in [4.78, 5) is 0. The van der Waals surface area contributed by atoms with Gasteiger partial charge in [0.2, 0.25) is 0 Å². The summed E-state index contributed by atoms with van der Waals surface area (Å²) in [5.74, 6) is 4.51. The van der Waals surface area contributed by atoms with E-state index in [0.717, 1.165) is 0 Å². The smallest absolute Gasteiger partial charge is 0.0663 e. The summed E-state index contributed by atoms with van der Waals surface area (Å²) in [5, 5.41) is 0. The summed E-state index contributed by atoms with van der Waals surface area (Å²) in [7, 11) is 0.256. The quantitative estimate of drug-likeness (QED) is 0.402. The van der Waals surface area contributed by atoms with Gasteiger partial charge in [-0.2, -0.15) is 0 Å². The molecule has 70 valence electrons. The van der Waals surface area contributed by atoms with Gasteiger partial charge in [-0.15, -0.1) is 0 Å². The molecule has 0 aliphatic carbocycles. The zero-order chi connectivity index (χ0) is 8.74. The van der Waals surface area contributed by atoms with Crippen LogP contribution in [-0.4, -0.2) is 30.4 Å². The molecule has 0 N–H and O–H groups in total. The summed E-state index contributed by atoms with van der Waals surface area (Å²) in [5.41, 5.74) is 0. The van der Waals surface area contributed by atoms with Crippen LogP contribution in [0.1, 0.15) is 20.8 Å². The first-order valence-electron chi connectivity index (χ1n) is 4.54. The van der Waals surface area contributed by atoms with Crippen LogP contribution in [0.2, 0.25) is 6.04 Å². The molecule has 0 aromatic heterocycles. The summed E-state index contributed by atoms with van der Waals surface area (Å²) < 4.78 is 1.40. The third kappa shape index (κ3) is 4.17. The summed E-state index contributed by atoms with van der Waals surface area (Å²) in [6.07, 6.45) is 0. The Morgan fingerprint density at radius 2 is 1.55 bits per heavy atom. The topological polar surface area (TPSA) is 0 Å². The Kier molecular flexibility index (Phi) is 7.57. The highest BCUT2D eigenvalue weighted by Crippen LogP contribution is 2.45. The molecule has 0 radical (unpaired) electrons. The average molecular weight is 304 g/mol. The van der Waals surface area contributed by atoms with Gasteiger partial charge in [0.15, 0.2) is 0 Å². The van der Waals surface area contributed by atoms with Gasteiger partial charge in [-0.25, -0.2) is 0 Å². The van der Waals surface area contributed by atoms with E-state index in [4.69, 9.17) is 0 Å². The molecule has 3 heteroatoms. The molecule has 0 saturated carbocycles. The molecule has 0 bridgehead atoms. The number of hydrogen-bond acceptors (Lipinski definition) is 0. The highest BCUT2D eigenvalue weighted by molar-refractivity contribution is 14.1. The zero-order valence-corrected chi connectivity index (χ0v) is 12.4.